The van der Waals surface area contributed by atoms with E-state index in [1.165, 1.54) is 16.0 Å². The first-order chi connectivity index (χ1) is 10.9. The topological polar surface area (TPSA) is 63.4 Å². The lowest BCUT2D eigenvalue weighted by Gasteiger charge is -2.13. The number of carbonyl (C=O) groups is 2. The zero-order chi connectivity index (χ0) is 16.6. The van der Waals surface area contributed by atoms with Crippen LogP contribution in [0.25, 0.3) is 0 Å². The van der Waals surface area contributed by atoms with Gasteiger partial charge in [-0.15, -0.1) is 0 Å². The first kappa shape index (κ1) is 15.5. The molecule has 5 heteroatoms. The lowest BCUT2D eigenvalue weighted by molar-refractivity contribution is -0.140. The van der Waals surface area contributed by atoms with E-state index in [1.807, 2.05) is 13.8 Å². The van der Waals surface area contributed by atoms with Crippen molar-refractivity contribution in [1.82, 2.24) is 10.1 Å². The number of imide groups is 1. The molecule has 0 spiro atoms. The van der Waals surface area contributed by atoms with Crippen LogP contribution < -0.4 is 0 Å². The highest BCUT2D eigenvalue weighted by molar-refractivity contribution is 6.03. The van der Waals surface area contributed by atoms with Gasteiger partial charge in [0.15, 0.2) is 0 Å². The van der Waals surface area contributed by atoms with Crippen molar-refractivity contribution < 1.29 is 14.1 Å². The molecule has 0 saturated carbocycles. The smallest absolute Gasteiger partial charge is 0.233 e. The van der Waals surface area contributed by atoms with Crippen LogP contribution in [0.15, 0.2) is 28.8 Å². The number of nitrogens with zero attached hydrogens (tertiary/aromatic N) is 2. The van der Waals surface area contributed by atoms with Crippen molar-refractivity contribution in [1.29, 1.82) is 0 Å². The molecule has 2 aromatic rings. The van der Waals surface area contributed by atoms with E-state index in [-0.39, 0.29) is 30.7 Å². The van der Waals surface area contributed by atoms with Gasteiger partial charge in [-0.1, -0.05) is 34.5 Å². The summed E-state index contributed by atoms with van der Waals surface area (Å²) in [6.45, 7) is 6.06. The monoisotopic (exact) mass is 312 g/mol. The Morgan fingerprint density at radius 2 is 1.83 bits per heavy atom. The minimum absolute atomic E-state index is 0.116. The third kappa shape index (κ3) is 3.33. The van der Waals surface area contributed by atoms with Crippen molar-refractivity contribution in [2.75, 3.05) is 0 Å². The van der Waals surface area contributed by atoms with Crippen molar-refractivity contribution in [3.8, 4) is 0 Å². The fourth-order valence-corrected chi connectivity index (χ4v) is 3.20. The maximum atomic E-state index is 12.5. The van der Waals surface area contributed by atoms with Gasteiger partial charge in [0, 0.05) is 12.5 Å². The Labute approximate surface area is 135 Å². The van der Waals surface area contributed by atoms with Crippen LogP contribution in [0.2, 0.25) is 0 Å². The predicted molar refractivity (Wildman–Crippen MR) is 84.5 cm³/mol. The van der Waals surface area contributed by atoms with E-state index >= 15 is 0 Å². The molecular weight excluding hydrogens is 292 g/mol. The molecule has 1 aliphatic rings. The molecule has 2 heterocycles. The van der Waals surface area contributed by atoms with Gasteiger partial charge in [0.2, 0.25) is 11.8 Å². The molecule has 0 bridgehead atoms. The molecule has 2 amide bonds. The van der Waals surface area contributed by atoms with Gasteiger partial charge in [0.05, 0.1) is 12.5 Å². The molecule has 1 aliphatic heterocycles. The van der Waals surface area contributed by atoms with Crippen LogP contribution in [0.1, 0.15) is 34.6 Å². The second kappa shape index (κ2) is 5.99. The molecule has 1 saturated heterocycles. The first-order valence-electron chi connectivity index (χ1n) is 7.76. The Kier molecular flexibility index (Phi) is 4.03. The molecule has 1 atom stereocenters. The van der Waals surface area contributed by atoms with Gasteiger partial charge in [-0.2, -0.15) is 0 Å². The number of hydrogen-bond acceptors (Lipinski definition) is 4. The van der Waals surface area contributed by atoms with Crippen LogP contribution in [0, 0.1) is 26.7 Å². The second-order valence-electron chi connectivity index (χ2n) is 6.35. The average Bonchev–Trinajstić information content (AvgIpc) is 2.97. The van der Waals surface area contributed by atoms with Crippen LogP contribution in [-0.2, 0) is 22.6 Å². The molecule has 1 aromatic carbocycles. The minimum atomic E-state index is -0.281. The Balaban J connectivity index is 1.73. The van der Waals surface area contributed by atoms with Crippen molar-refractivity contribution in [2.24, 2.45) is 5.92 Å². The van der Waals surface area contributed by atoms with E-state index in [4.69, 9.17) is 4.52 Å². The highest BCUT2D eigenvalue weighted by Gasteiger charge is 2.38. The summed E-state index contributed by atoms with van der Waals surface area (Å²) in [7, 11) is 0. The highest BCUT2D eigenvalue weighted by Crippen LogP contribution is 2.26. The van der Waals surface area contributed by atoms with Crippen molar-refractivity contribution in [3.63, 3.8) is 0 Å². The number of likely N-dealkylation sites (tertiary alicyclic amines) is 1. The maximum absolute atomic E-state index is 12.5. The summed E-state index contributed by atoms with van der Waals surface area (Å²) in [5.74, 6) is 0.141. The van der Waals surface area contributed by atoms with E-state index in [0.717, 1.165) is 5.56 Å². The van der Waals surface area contributed by atoms with Gasteiger partial charge in [-0.3, -0.25) is 14.5 Å². The third-order valence-electron chi connectivity index (χ3n) is 4.10. The van der Waals surface area contributed by atoms with Crippen LogP contribution >= 0.6 is 0 Å². The molecule has 3 rings (SSSR count). The number of amides is 2. The summed E-state index contributed by atoms with van der Waals surface area (Å²) in [5.41, 5.74) is 4.06. The number of benzene rings is 1. The zero-order valence-electron chi connectivity index (χ0n) is 13.6. The first-order valence-corrected chi connectivity index (χ1v) is 7.76. The highest BCUT2D eigenvalue weighted by atomic mass is 16.5. The quantitative estimate of drug-likeness (QED) is 0.814. The van der Waals surface area contributed by atoms with Crippen molar-refractivity contribution in [2.45, 2.75) is 40.2 Å². The van der Waals surface area contributed by atoms with Crippen LogP contribution in [0.4, 0.5) is 0 Å². The van der Waals surface area contributed by atoms with E-state index in [9.17, 15) is 9.59 Å². The van der Waals surface area contributed by atoms with Crippen molar-refractivity contribution >= 4 is 11.8 Å². The van der Waals surface area contributed by atoms with Gasteiger partial charge in [0.25, 0.3) is 0 Å². The molecule has 1 aromatic heterocycles. The van der Waals surface area contributed by atoms with Gasteiger partial charge >= 0.3 is 0 Å². The number of aromatic nitrogens is 1. The van der Waals surface area contributed by atoms with Gasteiger partial charge in [-0.05, 0) is 32.8 Å². The maximum Gasteiger partial charge on any atom is 0.233 e. The summed E-state index contributed by atoms with van der Waals surface area (Å²) in [6.07, 6.45) is 0.865. The molecule has 23 heavy (non-hydrogen) atoms. The zero-order valence-corrected chi connectivity index (χ0v) is 13.6. The fourth-order valence-electron chi connectivity index (χ4n) is 3.20. The SMILES string of the molecule is Cc1cc(C)cc(C[C@@H]2CC(=O)N(Cc3cc(C)on3)C2=O)c1. The lowest BCUT2D eigenvalue weighted by atomic mass is 9.95. The molecule has 120 valence electrons. The van der Waals surface area contributed by atoms with E-state index in [2.05, 4.69) is 23.4 Å². The Morgan fingerprint density at radius 3 is 2.43 bits per heavy atom. The van der Waals surface area contributed by atoms with Crippen LogP contribution in [0.3, 0.4) is 0 Å². The number of aryl methyl sites for hydroxylation is 3. The normalized spacial score (nSPS) is 18.0. The summed E-state index contributed by atoms with van der Waals surface area (Å²) >= 11 is 0. The van der Waals surface area contributed by atoms with Gasteiger partial charge < -0.3 is 4.52 Å². The lowest BCUT2D eigenvalue weighted by Crippen LogP contribution is -2.30. The summed E-state index contributed by atoms with van der Waals surface area (Å²) < 4.78 is 4.99. The van der Waals surface area contributed by atoms with Gasteiger partial charge in [-0.25, -0.2) is 0 Å². The predicted octanol–water partition coefficient (Wildman–Crippen LogP) is 2.72. The standard InChI is InChI=1S/C18H20N2O3/c1-11-4-12(2)6-14(5-11)8-15-9-17(21)20(18(15)22)10-16-7-13(3)23-19-16/h4-7,15H,8-10H2,1-3H3/t15-/m1/s1. The van der Waals surface area contributed by atoms with E-state index in [0.29, 0.717) is 17.9 Å². The van der Waals surface area contributed by atoms with Crippen LogP contribution in [0.5, 0.6) is 0 Å². The van der Waals surface area contributed by atoms with Crippen molar-refractivity contribution in [3.05, 3.63) is 52.4 Å². The third-order valence-corrected chi connectivity index (χ3v) is 4.10. The Hall–Kier alpha value is -2.43. The van der Waals surface area contributed by atoms with Crippen LogP contribution in [-0.4, -0.2) is 21.9 Å². The Bertz CT molecular complexity index is 743. The molecule has 0 aliphatic carbocycles. The second-order valence-corrected chi connectivity index (χ2v) is 6.35. The van der Waals surface area contributed by atoms with E-state index in [1.54, 1.807) is 13.0 Å². The number of rotatable bonds is 4. The summed E-state index contributed by atoms with van der Waals surface area (Å²) in [5, 5.41) is 3.86. The average molecular weight is 312 g/mol. The molecule has 0 N–H and O–H groups in total. The number of carbonyl (C=O) groups excluding carboxylic acids is 2. The van der Waals surface area contributed by atoms with E-state index < -0.39 is 0 Å². The van der Waals surface area contributed by atoms with Gasteiger partial charge in [0.1, 0.15) is 11.5 Å². The molecular formula is C18H20N2O3. The number of hydrogen-bond donors (Lipinski definition) is 0. The minimum Gasteiger partial charge on any atom is -0.361 e. The molecule has 5 nitrogen and oxygen atoms in total. The largest absolute Gasteiger partial charge is 0.361 e. The fraction of sp³-hybridized carbons (Fsp3) is 0.389. The molecule has 1 fully saturated rings. The summed E-state index contributed by atoms with van der Waals surface area (Å²) in [6, 6.07) is 8.00. The molecule has 0 radical (unpaired) electrons. The summed E-state index contributed by atoms with van der Waals surface area (Å²) in [4.78, 5) is 26.0. The Morgan fingerprint density at radius 1 is 1.13 bits per heavy atom. The molecule has 0 unspecified atom stereocenters.